The maximum absolute atomic E-state index is 13.5. The molecule has 0 aliphatic carbocycles. The maximum atomic E-state index is 13.5. The van der Waals surface area contributed by atoms with E-state index in [9.17, 15) is 17.6 Å². The van der Waals surface area contributed by atoms with Crippen LogP contribution in [0.1, 0.15) is 0 Å². The van der Waals surface area contributed by atoms with Gasteiger partial charge in [-0.25, -0.2) is 4.39 Å². The third-order valence-electron chi connectivity index (χ3n) is 3.01. The number of nitrogen functional groups attached to an aromatic ring is 1. The molecular weight excluding hydrogens is 346 g/mol. The summed E-state index contributed by atoms with van der Waals surface area (Å²) in [5.41, 5.74) is 6.54. The van der Waals surface area contributed by atoms with Crippen LogP contribution < -0.4 is 10.5 Å². The van der Waals surface area contributed by atoms with E-state index in [4.69, 9.17) is 5.73 Å². The van der Waals surface area contributed by atoms with E-state index in [2.05, 4.69) is 14.9 Å². The van der Waals surface area contributed by atoms with Crippen molar-refractivity contribution in [2.24, 2.45) is 0 Å². The lowest BCUT2D eigenvalue weighted by Gasteiger charge is -2.08. The van der Waals surface area contributed by atoms with Gasteiger partial charge in [0, 0.05) is 11.1 Å². The topological polar surface area (TPSA) is 61.0 Å². The smallest absolute Gasteiger partial charge is 0.406 e. The van der Waals surface area contributed by atoms with Gasteiger partial charge in [-0.3, -0.25) is 0 Å². The molecule has 24 heavy (non-hydrogen) atoms. The zero-order valence-corrected chi connectivity index (χ0v) is 12.7. The van der Waals surface area contributed by atoms with Crippen LogP contribution in [-0.4, -0.2) is 16.6 Å². The van der Waals surface area contributed by atoms with Crippen LogP contribution in [0, 0.1) is 5.82 Å². The molecule has 2 aromatic carbocycles. The Morgan fingerprint density at radius 3 is 2.08 bits per heavy atom. The van der Waals surface area contributed by atoms with Crippen LogP contribution in [0.5, 0.6) is 5.75 Å². The molecule has 3 rings (SSSR count). The number of alkyl halides is 3. The Balaban J connectivity index is 1.84. The zero-order chi connectivity index (χ0) is 17.3. The molecule has 0 saturated heterocycles. The summed E-state index contributed by atoms with van der Waals surface area (Å²) in [6.07, 6.45) is -4.74. The van der Waals surface area contributed by atoms with E-state index >= 15 is 0 Å². The van der Waals surface area contributed by atoms with E-state index < -0.39 is 12.2 Å². The molecule has 0 aliphatic rings. The number of rotatable bonds is 3. The quantitative estimate of drug-likeness (QED) is 0.555. The summed E-state index contributed by atoms with van der Waals surface area (Å²) >= 11 is 1.18. The largest absolute Gasteiger partial charge is 0.573 e. The molecule has 0 fully saturated rings. The Kier molecular flexibility index (Phi) is 4.10. The minimum atomic E-state index is -4.74. The molecule has 2 N–H and O–H groups in total. The molecule has 9 heteroatoms. The Hall–Kier alpha value is -2.68. The number of hydrogen-bond donors (Lipinski definition) is 1. The summed E-state index contributed by atoms with van der Waals surface area (Å²) in [4.78, 5) is 0. The molecule has 0 unspecified atom stereocenters. The van der Waals surface area contributed by atoms with Crippen LogP contribution in [0.15, 0.2) is 42.5 Å². The van der Waals surface area contributed by atoms with E-state index in [1.807, 2.05) is 0 Å². The third-order valence-corrected chi connectivity index (χ3v) is 4.03. The molecule has 0 aliphatic heterocycles. The van der Waals surface area contributed by atoms with E-state index in [0.29, 0.717) is 21.1 Å². The van der Waals surface area contributed by atoms with Crippen molar-refractivity contribution in [3.63, 3.8) is 0 Å². The second-order valence-electron chi connectivity index (χ2n) is 4.72. The Morgan fingerprint density at radius 2 is 1.50 bits per heavy atom. The number of benzene rings is 2. The predicted molar refractivity (Wildman–Crippen MR) is 81.8 cm³/mol. The first-order valence-electron chi connectivity index (χ1n) is 6.57. The van der Waals surface area contributed by atoms with Gasteiger partial charge in [-0.1, -0.05) is 11.3 Å². The van der Waals surface area contributed by atoms with Gasteiger partial charge in [-0.05, 0) is 42.5 Å². The lowest BCUT2D eigenvalue weighted by molar-refractivity contribution is -0.274. The van der Waals surface area contributed by atoms with Gasteiger partial charge in [-0.15, -0.1) is 23.4 Å². The minimum absolute atomic E-state index is 0.0312. The Morgan fingerprint density at radius 1 is 0.917 bits per heavy atom. The average Bonchev–Trinajstić information content (AvgIpc) is 2.99. The summed E-state index contributed by atoms with van der Waals surface area (Å²) in [6, 6.07) is 9.54. The zero-order valence-electron chi connectivity index (χ0n) is 11.8. The normalized spacial score (nSPS) is 11.5. The first-order chi connectivity index (χ1) is 11.3. The van der Waals surface area contributed by atoms with Crippen molar-refractivity contribution in [3.05, 3.63) is 48.3 Å². The molecule has 4 nitrogen and oxygen atoms in total. The number of halogens is 4. The molecule has 0 radical (unpaired) electrons. The summed E-state index contributed by atoms with van der Waals surface area (Å²) in [5, 5.41) is 8.89. The summed E-state index contributed by atoms with van der Waals surface area (Å²) in [7, 11) is 0. The fourth-order valence-corrected chi connectivity index (χ4v) is 2.76. The number of nitrogens with two attached hydrogens (primary N) is 1. The third kappa shape index (κ3) is 3.62. The van der Waals surface area contributed by atoms with Gasteiger partial charge in [0.25, 0.3) is 0 Å². The SMILES string of the molecule is Nc1ccc(-c2nnc(-c3ccc(OC(F)(F)F)cc3)s2)cc1F. The fourth-order valence-electron chi connectivity index (χ4n) is 1.92. The van der Waals surface area contributed by atoms with Crippen LogP contribution in [-0.2, 0) is 0 Å². The van der Waals surface area contributed by atoms with Crippen molar-refractivity contribution in [2.45, 2.75) is 6.36 Å². The highest BCUT2D eigenvalue weighted by atomic mass is 32.1. The molecule has 0 amide bonds. The molecule has 124 valence electrons. The van der Waals surface area contributed by atoms with Gasteiger partial charge < -0.3 is 10.5 Å². The number of anilines is 1. The first kappa shape index (κ1) is 16.2. The average molecular weight is 355 g/mol. The highest BCUT2D eigenvalue weighted by Crippen LogP contribution is 2.32. The Labute approximate surface area is 137 Å². The molecule has 1 heterocycles. The molecule has 3 aromatic rings. The van der Waals surface area contributed by atoms with E-state index in [1.165, 1.54) is 47.7 Å². The van der Waals surface area contributed by atoms with Crippen LogP contribution in [0.25, 0.3) is 21.1 Å². The molecule has 0 bridgehead atoms. The molecule has 1 aromatic heterocycles. The number of hydrogen-bond acceptors (Lipinski definition) is 5. The standard InChI is InChI=1S/C15H9F4N3OS/c16-11-7-9(3-6-12(11)20)14-22-21-13(24-14)8-1-4-10(5-2-8)23-15(17,18)19/h1-7H,20H2. The fraction of sp³-hybridized carbons (Fsp3) is 0.0667. The van der Waals surface area contributed by atoms with E-state index in [-0.39, 0.29) is 11.4 Å². The second-order valence-corrected chi connectivity index (χ2v) is 5.70. The monoisotopic (exact) mass is 355 g/mol. The van der Waals surface area contributed by atoms with Crippen molar-refractivity contribution in [1.82, 2.24) is 10.2 Å². The van der Waals surface area contributed by atoms with E-state index in [0.717, 1.165) is 0 Å². The van der Waals surface area contributed by atoms with Crippen LogP contribution in [0.4, 0.5) is 23.2 Å². The van der Waals surface area contributed by atoms with Crippen molar-refractivity contribution < 1.29 is 22.3 Å². The van der Waals surface area contributed by atoms with Crippen LogP contribution in [0.3, 0.4) is 0 Å². The van der Waals surface area contributed by atoms with Gasteiger partial charge in [0.1, 0.15) is 21.6 Å². The summed E-state index contributed by atoms with van der Waals surface area (Å²) in [5.74, 6) is -0.880. The van der Waals surface area contributed by atoms with Crippen molar-refractivity contribution in [3.8, 4) is 26.9 Å². The van der Waals surface area contributed by atoms with Gasteiger partial charge in [0.2, 0.25) is 0 Å². The maximum Gasteiger partial charge on any atom is 0.573 e. The second kappa shape index (κ2) is 6.08. The van der Waals surface area contributed by atoms with Gasteiger partial charge in [-0.2, -0.15) is 0 Å². The highest BCUT2D eigenvalue weighted by molar-refractivity contribution is 7.17. The van der Waals surface area contributed by atoms with Gasteiger partial charge in [0.15, 0.2) is 0 Å². The number of aromatic nitrogens is 2. The van der Waals surface area contributed by atoms with Crippen LogP contribution in [0.2, 0.25) is 0 Å². The van der Waals surface area contributed by atoms with Crippen molar-refractivity contribution in [1.29, 1.82) is 0 Å². The molecule has 0 atom stereocenters. The highest BCUT2D eigenvalue weighted by Gasteiger charge is 2.31. The van der Waals surface area contributed by atoms with Crippen LogP contribution >= 0.6 is 11.3 Å². The van der Waals surface area contributed by atoms with Gasteiger partial charge >= 0.3 is 6.36 Å². The van der Waals surface area contributed by atoms with Gasteiger partial charge in [0.05, 0.1) is 5.69 Å². The number of nitrogens with zero attached hydrogens (tertiary/aromatic N) is 2. The molecular formula is C15H9F4N3OS. The lowest BCUT2D eigenvalue weighted by Crippen LogP contribution is -2.16. The minimum Gasteiger partial charge on any atom is -0.406 e. The van der Waals surface area contributed by atoms with E-state index in [1.54, 1.807) is 6.07 Å². The number of ether oxygens (including phenoxy) is 1. The lowest BCUT2D eigenvalue weighted by atomic mass is 10.2. The summed E-state index contributed by atoms with van der Waals surface area (Å²) in [6.45, 7) is 0. The predicted octanol–water partition coefficient (Wildman–Crippen LogP) is 4.49. The van der Waals surface area contributed by atoms with Crippen molar-refractivity contribution in [2.75, 3.05) is 5.73 Å². The molecule has 0 spiro atoms. The van der Waals surface area contributed by atoms with Crippen molar-refractivity contribution >= 4 is 17.0 Å². The summed E-state index contributed by atoms with van der Waals surface area (Å²) < 4.78 is 53.7. The Bertz CT molecular complexity index is 862. The molecule has 0 saturated carbocycles. The first-order valence-corrected chi connectivity index (χ1v) is 7.38.